The highest BCUT2D eigenvalue weighted by molar-refractivity contribution is 6.07. The normalized spacial score (nSPS) is 11.3. The van der Waals surface area contributed by atoms with Crippen LogP contribution in [-0.2, 0) is 0 Å². The van der Waals surface area contributed by atoms with Gasteiger partial charge in [0.15, 0.2) is 0 Å². The molecule has 11 aromatic rings. The topological polar surface area (TPSA) is 16.4 Å². The van der Waals surface area contributed by atoms with Crippen LogP contribution < -0.4 is 4.90 Å². The van der Waals surface area contributed by atoms with E-state index in [2.05, 4.69) is 229 Å². The molecule has 0 N–H and O–H groups in total. The molecule has 11 rings (SSSR count). The molecule has 0 atom stereocenters. The number of anilines is 3. The van der Waals surface area contributed by atoms with Crippen LogP contribution in [0, 0.1) is 0 Å². The van der Waals surface area contributed by atoms with Gasteiger partial charge in [0.05, 0.1) is 5.69 Å². The quantitative estimate of drug-likeness (QED) is 0.153. The number of furan rings is 1. The third-order valence-corrected chi connectivity index (χ3v) is 11.7. The van der Waals surface area contributed by atoms with Crippen molar-refractivity contribution in [3.8, 4) is 55.6 Å². The first-order chi connectivity index (χ1) is 29.8. The highest BCUT2D eigenvalue weighted by Gasteiger charge is 2.22. The van der Waals surface area contributed by atoms with Crippen LogP contribution in [0.4, 0.5) is 17.1 Å². The Hall–Kier alpha value is -7.94. The first kappa shape index (κ1) is 35.2. The smallest absolute Gasteiger partial charge is 0.137 e. The van der Waals surface area contributed by atoms with E-state index >= 15 is 0 Å². The largest absolute Gasteiger partial charge is 0.456 e. The molecule has 0 aliphatic carbocycles. The summed E-state index contributed by atoms with van der Waals surface area (Å²) >= 11 is 0. The lowest BCUT2D eigenvalue weighted by molar-refractivity contribution is 0.669. The van der Waals surface area contributed by atoms with Crippen LogP contribution in [0.25, 0.3) is 88.3 Å². The standard InChI is InChI=1S/C58H39NO/c1-3-16-40(17-4-1)44-32-36-49(41-18-5-2-6-19-41)55(38-44)51-24-10-9-23-50(51)52-25-11-13-28-56(52)59(46-35-37-54-53-26-12-14-29-57(53)60-58(54)39-46)45-33-30-43(31-34-45)48-27-15-21-42-20-7-8-22-47(42)48/h1-39H. The van der Waals surface area contributed by atoms with Gasteiger partial charge in [-0.2, -0.15) is 0 Å². The van der Waals surface area contributed by atoms with Gasteiger partial charge in [-0.3, -0.25) is 0 Å². The zero-order chi connectivity index (χ0) is 39.8. The zero-order valence-electron chi connectivity index (χ0n) is 32.9. The van der Waals surface area contributed by atoms with E-state index in [1.54, 1.807) is 0 Å². The minimum absolute atomic E-state index is 0.856. The van der Waals surface area contributed by atoms with Gasteiger partial charge in [-0.25, -0.2) is 0 Å². The minimum Gasteiger partial charge on any atom is -0.456 e. The molecule has 0 amide bonds. The molecule has 1 heterocycles. The number of nitrogens with zero attached hydrogens (tertiary/aromatic N) is 1. The molecule has 1 aromatic heterocycles. The van der Waals surface area contributed by atoms with Crippen molar-refractivity contribution in [2.24, 2.45) is 0 Å². The Morgan fingerprint density at radius 1 is 0.267 bits per heavy atom. The van der Waals surface area contributed by atoms with E-state index in [1.807, 2.05) is 12.1 Å². The first-order valence-electron chi connectivity index (χ1n) is 20.5. The van der Waals surface area contributed by atoms with Gasteiger partial charge in [0.2, 0.25) is 0 Å². The monoisotopic (exact) mass is 765 g/mol. The van der Waals surface area contributed by atoms with E-state index in [-0.39, 0.29) is 0 Å². The van der Waals surface area contributed by atoms with Crippen molar-refractivity contribution in [2.75, 3.05) is 4.90 Å². The number of benzene rings is 10. The lowest BCUT2D eigenvalue weighted by atomic mass is 9.87. The molecule has 282 valence electrons. The number of para-hydroxylation sites is 2. The summed E-state index contributed by atoms with van der Waals surface area (Å²) in [6, 6.07) is 85.0. The molecule has 10 aromatic carbocycles. The van der Waals surface area contributed by atoms with Crippen molar-refractivity contribution in [2.45, 2.75) is 0 Å². The molecular formula is C58H39NO. The average Bonchev–Trinajstić information content (AvgIpc) is 3.70. The van der Waals surface area contributed by atoms with Crippen molar-refractivity contribution >= 4 is 49.8 Å². The van der Waals surface area contributed by atoms with Gasteiger partial charge in [-0.05, 0) is 103 Å². The van der Waals surface area contributed by atoms with Gasteiger partial charge in [0, 0.05) is 33.8 Å². The summed E-state index contributed by atoms with van der Waals surface area (Å²) in [5.41, 5.74) is 16.6. The molecule has 0 fully saturated rings. The van der Waals surface area contributed by atoms with Crippen molar-refractivity contribution < 1.29 is 4.42 Å². The third kappa shape index (κ3) is 6.32. The number of rotatable bonds is 8. The fraction of sp³-hybridized carbons (Fsp3) is 0. The lowest BCUT2D eigenvalue weighted by Crippen LogP contribution is -2.11. The predicted octanol–water partition coefficient (Wildman–Crippen LogP) is 16.5. The molecule has 2 heteroatoms. The van der Waals surface area contributed by atoms with Gasteiger partial charge in [-0.15, -0.1) is 0 Å². The van der Waals surface area contributed by atoms with E-state index in [4.69, 9.17) is 4.42 Å². The summed E-state index contributed by atoms with van der Waals surface area (Å²) in [4.78, 5) is 2.38. The van der Waals surface area contributed by atoms with Crippen LogP contribution in [0.1, 0.15) is 0 Å². The molecular weight excluding hydrogens is 727 g/mol. The molecule has 0 unspecified atom stereocenters. The maximum absolute atomic E-state index is 6.50. The van der Waals surface area contributed by atoms with Crippen molar-refractivity contribution in [1.82, 2.24) is 0 Å². The van der Waals surface area contributed by atoms with Crippen LogP contribution in [0.2, 0.25) is 0 Å². The molecule has 60 heavy (non-hydrogen) atoms. The fourth-order valence-corrected chi connectivity index (χ4v) is 8.84. The highest BCUT2D eigenvalue weighted by atomic mass is 16.3. The summed E-state index contributed by atoms with van der Waals surface area (Å²) < 4.78 is 6.50. The van der Waals surface area contributed by atoms with Crippen LogP contribution in [0.3, 0.4) is 0 Å². The number of fused-ring (bicyclic) bond motifs is 4. The summed E-state index contributed by atoms with van der Waals surface area (Å²) in [7, 11) is 0. The van der Waals surface area contributed by atoms with E-state index in [0.29, 0.717) is 0 Å². The second-order valence-corrected chi connectivity index (χ2v) is 15.2. The molecule has 0 bridgehead atoms. The molecule has 0 saturated heterocycles. The van der Waals surface area contributed by atoms with Gasteiger partial charge < -0.3 is 9.32 Å². The lowest BCUT2D eigenvalue weighted by Gasteiger charge is -2.29. The van der Waals surface area contributed by atoms with E-state index < -0.39 is 0 Å². The zero-order valence-corrected chi connectivity index (χ0v) is 32.9. The van der Waals surface area contributed by atoms with Crippen molar-refractivity contribution in [1.29, 1.82) is 0 Å². The SMILES string of the molecule is c1ccc(-c2ccc(-c3ccccc3)c(-c3ccccc3-c3ccccc3N(c3ccc(-c4cccc5ccccc45)cc3)c3ccc4c(c3)oc3ccccc34)c2)cc1. The van der Waals surface area contributed by atoms with E-state index in [0.717, 1.165) is 50.1 Å². The third-order valence-electron chi connectivity index (χ3n) is 11.7. The Morgan fingerprint density at radius 3 is 1.62 bits per heavy atom. The summed E-state index contributed by atoms with van der Waals surface area (Å²) in [6.45, 7) is 0. The van der Waals surface area contributed by atoms with Gasteiger partial charge >= 0.3 is 0 Å². The molecule has 0 saturated carbocycles. The van der Waals surface area contributed by atoms with Crippen LogP contribution >= 0.6 is 0 Å². The Kier molecular flexibility index (Phi) is 8.87. The van der Waals surface area contributed by atoms with Crippen LogP contribution in [-0.4, -0.2) is 0 Å². The maximum Gasteiger partial charge on any atom is 0.137 e. The Balaban J connectivity index is 1.11. The first-order valence-corrected chi connectivity index (χ1v) is 20.5. The maximum atomic E-state index is 6.50. The van der Waals surface area contributed by atoms with Gasteiger partial charge in [0.1, 0.15) is 11.2 Å². The summed E-state index contributed by atoms with van der Waals surface area (Å²) in [5, 5.41) is 4.70. The number of hydrogen-bond donors (Lipinski definition) is 0. The minimum atomic E-state index is 0.856. The van der Waals surface area contributed by atoms with Crippen LogP contribution in [0.15, 0.2) is 241 Å². The average molecular weight is 766 g/mol. The Labute approximate surface area is 349 Å². The van der Waals surface area contributed by atoms with E-state index in [9.17, 15) is 0 Å². The molecule has 0 aliphatic rings. The predicted molar refractivity (Wildman–Crippen MR) is 253 cm³/mol. The molecule has 2 nitrogen and oxygen atoms in total. The Bertz CT molecular complexity index is 3300. The summed E-state index contributed by atoms with van der Waals surface area (Å²) in [6.07, 6.45) is 0. The molecule has 0 aliphatic heterocycles. The molecule has 0 radical (unpaired) electrons. The van der Waals surface area contributed by atoms with E-state index in [1.165, 1.54) is 55.3 Å². The highest BCUT2D eigenvalue weighted by Crippen LogP contribution is 2.47. The second-order valence-electron chi connectivity index (χ2n) is 15.2. The second kappa shape index (κ2) is 15.1. The van der Waals surface area contributed by atoms with Gasteiger partial charge in [-0.1, -0.05) is 188 Å². The van der Waals surface area contributed by atoms with Gasteiger partial charge in [0.25, 0.3) is 0 Å². The Morgan fingerprint density at radius 2 is 0.817 bits per heavy atom. The molecule has 0 spiro atoms. The van der Waals surface area contributed by atoms with Crippen molar-refractivity contribution in [3.05, 3.63) is 237 Å². The fourth-order valence-electron chi connectivity index (χ4n) is 8.84. The number of hydrogen-bond acceptors (Lipinski definition) is 2. The van der Waals surface area contributed by atoms with Crippen molar-refractivity contribution in [3.63, 3.8) is 0 Å². The summed E-state index contributed by atoms with van der Waals surface area (Å²) in [5.74, 6) is 0. The van der Waals surface area contributed by atoms with Crippen LogP contribution in [0.5, 0.6) is 0 Å².